The zero-order chi connectivity index (χ0) is 15.5. The molecule has 0 spiro atoms. The number of ether oxygens (including phenoxy) is 1. The van der Waals surface area contributed by atoms with Crippen molar-refractivity contribution in [1.82, 2.24) is 0 Å². The van der Waals surface area contributed by atoms with E-state index in [9.17, 15) is 0 Å². The fraction of sp³-hybridized carbons (Fsp3) is 0.733. The Kier molecular flexibility index (Phi) is 10.3. The monoisotopic (exact) mass is 297 g/mol. The van der Waals surface area contributed by atoms with E-state index in [1.165, 1.54) is 5.57 Å². The van der Waals surface area contributed by atoms with Gasteiger partial charge in [0.1, 0.15) is 0 Å². The lowest BCUT2D eigenvalue weighted by Crippen LogP contribution is -2.31. The smallest absolute Gasteiger partial charge is 0.0922 e. The number of allylic oxidation sites excluding steroid dienone is 2. The maximum absolute atomic E-state index is 8.78. The molecule has 0 saturated heterocycles. The van der Waals surface area contributed by atoms with Crippen LogP contribution in [0, 0.1) is 5.92 Å². The van der Waals surface area contributed by atoms with Gasteiger partial charge in [-0.15, -0.1) is 11.8 Å². The fourth-order valence-corrected chi connectivity index (χ4v) is 2.29. The molecule has 4 nitrogen and oxygen atoms in total. The first-order valence-electron chi connectivity index (χ1n) is 6.88. The maximum Gasteiger partial charge on any atom is 0.0922 e. The third-order valence-corrected chi connectivity index (χ3v) is 3.71. The predicted octanol–water partition coefficient (Wildman–Crippen LogP) is 5.33. The number of rotatable bonds is 9. The zero-order valence-corrected chi connectivity index (χ0v) is 14.3. The van der Waals surface area contributed by atoms with Gasteiger partial charge in [-0.2, -0.15) is 0 Å². The molecule has 5 heteroatoms. The van der Waals surface area contributed by atoms with E-state index in [1.54, 1.807) is 11.8 Å². The Morgan fingerprint density at radius 2 is 2.05 bits per heavy atom. The molecular weight excluding hydrogens is 270 g/mol. The quantitative estimate of drug-likeness (QED) is 0.190. The Balaban J connectivity index is 5.08. The van der Waals surface area contributed by atoms with Crippen molar-refractivity contribution in [3.63, 3.8) is 0 Å². The highest BCUT2D eigenvalue weighted by Gasteiger charge is 2.26. The summed E-state index contributed by atoms with van der Waals surface area (Å²) in [6.07, 6.45) is 7.10. The van der Waals surface area contributed by atoms with Gasteiger partial charge in [0.05, 0.1) is 18.1 Å². The Bertz CT molecular complexity index is 383. The number of thioether (sulfide) groups is 1. The Hall–Kier alpha value is -0.900. The summed E-state index contributed by atoms with van der Waals surface area (Å²) in [5, 5.41) is 3.96. The summed E-state index contributed by atoms with van der Waals surface area (Å²) < 4.78 is 5.93. The van der Waals surface area contributed by atoms with Crippen LogP contribution in [0.4, 0.5) is 0 Å². The first-order chi connectivity index (χ1) is 9.47. The highest BCUT2D eigenvalue weighted by Crippen LogP contribution is 2.25. The van der Waals surface area contributed by atoms with Crippen LogP contribution in [0.3, 0.4) is 0 Å². The molecule has 0 amide bonds. The van der Waals surface area contributed by atoms with Gasteiger partial charge in [0.25, 0.3) is 0 Å². The summed E-state index contributed by atoms with van der Waals surface area (Å²) >= 11 is 1.66. The van der Waals surface area contributed by atoms with Crippen molar-refractivity contribution in [1.29, 1.82) is 0 Å². The average Bonchev–Trinajstić information content (AvgIpc) is 2.43. The van der Waals surface area contributed by atoms with Crippen LogP contribution in [0.1, 0.15) is 41.0 Å². The number of hydrogen-bond acceptors (Lipinski definition) is 3. The van der Waals surface area contributed by atoms with Crippen molar-refractivity contribution >= 4 is 11.8 Å². The van der Waals surface area contributed by atoms with Crippen LogP contribution in [-0.4, -0.2) is 24.3 Å². The fourth-order valence-electron chi connectivity index (χ4n) is 1.98. The van der Waals surface area contributed by atoms with Gasteiger partial charge >= 0.3 is 0 Å². The minimum Gasteiger partial charge on any atom is -0.367 e. The van der Waals surface area contributed by atoms with Gasteiger partial charge in [0, 0.05) is 4.91 Å². The van der Waals surface area contributed by atoms with Crippen molar-refractivity contribution < 1.29 is 4.74 Å². The SMILES string of the molecule is C/C=C(\C)[C@@H](N=[N+]=[N-])[C@@H](C)[C@H](CC=C(C)C)OCSC. The molecule has 0 saturated carbocycles. The van der Waals surface area contributed by atoms with Crippen molar-refractivity contribution in [2.75, 3.05) is 12.2 Å². The highest BCUT2D eigenvalue weighted by molar-refractivity contribution is 7.98. The summed E-state index contributed by atoms with van der Waals surface area (Å²) in [6, 6.07) is -0.151. The first-order valence-corrected chi connectivity index (χ1v) is 8.28. The molecule has 20 heavy (non-hydrogen) atoms. The second-order valence-corrected chi connectivity index (χ2v) is 5.98. The van der Waals surface area contributed by atoms with E-state index in [2.05, 4.69) is 36.9 Å². The lowest BCUT2D eigenvalue weighted by molar-refractivity contribution is 0.0451. The summed E-state index contributed by atoms with van der Waals surface area (Å²) in [5.74, 6) is 0.800. The average molecular weight is 297 g/mol. The summed E-state index contributed by atoms with van der Waals surface area (Å²) in [6.45, 7) is 10.2. The molecule has 0 aromatic rings. The van der Waals surface area contributed by atoms with Crippen molar-refractivity contribution in [3.8, 4) is 0 Å². The van der Waals surface area contributed by atoms with Crippen molar-refractivity contribution in [3.05, 3.63) is 33.7 Å². The van der Waals surface area contributed by atoms with Crippen LogP contribution in [0.25, 0.3) is 10.4 Å². The lowest BCUT2D eigenvalue weighted by atomic mass is 9.89. The van der Waals surface area contributed by atoms with E-state index in [0.29, 0.717) is 5.94 Å². The molecule has 114 valence electrons. The van der Waals surface area contributed by atoms with E-state index < -0.39 is 0 Å². The van der Waals surface area contributed by atoms with Gasteiger partial charge < -0.3 is 4.74 Å². The first kappa shape index (κ1) is 19.1. The molecule has 0 aromatic heterocycles. The standard InChI is InChI=1S/C15H27N3OS/c1-7-12(4)15(17-18-16)13(5)14(19-10-20-6)9-8-11(2)3/h7-8,13-15H,9-10H2,1-6H3/b12-7+/t13-,14-,15+/m0/s1. The largest absolute Gasteiger partial charge is 0.367 e. The third kappa shape index (κ3) is 7.04. The molecule has 0 aliphatic rings. The van der Waals surface area contributed by atoms with Gasteiger partial charge in [-0.1, -0.05) is 35.3 Å². The van der Waals surface area contributed by atoms with Crippen LogP contribution >= 0.6 is 11.8 Å². The van der Waals surface area contributed by atoms with Gasteiger partial charge in [0.2, 0.25) is 0 Å². The molecule has 0 aromatic carbocycles. The van der Waals surface area contributed by atoms with Crippen molar-refractivity contribution in [2.45, 2.75) is 53.2 Å². The molecule has 0 unspecified atom stereocenters. The molecular formula is C15H27N3OS. The molecule has 0 N–H and O–H groups in total. The van der Waals surface area contributed by atoms with E-state index in [0.717, 1.165) is 12.0 Å². The number of nitrogens with zero attached hydrogens (tertiary/aromatic N) is 3. The minimum atomic E-state index is -0.151. The van der Waals surface area contributed by atoms with Gasteiger partial charge in [-0.05, 0) is 51.8 Å². The van der Waals surface area contributed by atoms with E-state index in [-0.39, 0.29) is 18.1 Å². The van der Waals surface area contributed by atoms with Crippen LogP contribution in [0.2, 0.25) is 0 Å². The molecule has 0 fully saturated rings. The third-order valence-electron chi connectivity index (χ3n) is 3.34. The molecule has 0 radical (unpaired) electrons. The topological polar surface area (TPSA) is 58.0 Å². The summed E-state index contributed by atoms with van der Waals surface area (Å²) in [5.41, 5.74) is 11.1. The molecule has 0 aliphatic carbocycles. The van der Waals surface area contributed by atoms with E-state index in [4.69, 9.17) is 10.3 Å². The highest BCUT2D eigenvalue weighted by atomic mass is 32.2. The van der Waals surface area contributed by atoms with E-state index in [1.807, 2.05) is 26.2 Å². The normalized spacial score (nSPS) is 16.0. The summed E-state index contributed by atoms with van der Waals surface area (Å²) in [7, 11) is 0. The molecule has 0 aliphatic heterocycles. The Morgan fingerprint density at radius 3 is 2.50 bits per heavy atom. The van der Waals surface area contributed by atoms with Gasteiger partial charge in [-0.25, -0.2) is 0 Å². The van der Waals surface area contributed by atoms with Crippen LogP contribution in [-0.2, 0) is 4.74 Å². The van der Waals surface area contributed by atoms with E-state index >= 15 is 0 Å². The number of azide groups is 1. The van der Waals surface area contributed by atoms with Crippen LogP contribution in [0.5, 0.6) is 0 Å². The number of hydrogen-bond donors (Lipinski definition) is 0. The van der Waals surface area contributed by atoms with Crippen molar-refractivity contribution in [2.24, 2.45) is 11.0 Å². The molecule has 3 atom stereocenters. The summed E-state index contributed by atoms with van der Waals surface area (Å²) in [4.78, 5) is 2.99. The minimum absolute atomic E-state index is 0.0581. The van der Waals surface area contributed by atoms with Gasteiger partial charge in [-0.3, -0.25) is 0 Å². The maximum atomic E-state index is 8.78. The Labute approximate surface area is 127 Å². The van der Waals surface area contributed by atoms with Gasteiger partial charge in [0.15, 0.2) is 0 Å². The molecule has 0 rings (SSSR count). The molecule has 0 bridgehead atoms. The van der Waals surface area contributed by atoms with Crippen LogP contribution < -0.4 is 0 Å². The second kappa shape index (κ2) is 10.8. The van der Waals surface area contributed by atoms with Crippen LogP contribution in [0.15, 0.2) is 28.4 Å². The molecule has 0 heterocycles. The second-order valence-electron chi connectivity index (χ2n) is 5.17. The predicted molar refractivity (Wildman–Crippen MR) is 88.8 cm³/mol. The Morgan fingerprint density at radius 1 is 1.40 bits per heavy atom. The zero-order valence-electron chi connectivity index (χ0n) is 13.5. The lowest BCUT2D eigenvalue weighted by Gasteiger charge is -2.28.